The molecular weight excluding hydrogens is 274 g/mol. The zero-order valence-corrected chi connectivity index (χ0v) is 12.7. The van der Waals surface area contributed by atoms with Gasteiger partial charge >= 0.3 is 0 Å². The third kappa shape index (κ3) is 2.54. The van der Waals surface area contributed by atoms with Gasteiger partial charge in [-0.05, 0) is 24.6 Å². The highest BCUT2D eigenvalue weighted by molar-refractivity contribution is 6.38. The van der Waals surface area contributed by atoms with Gasteiger partial charge in [-0.3, -0.25) is 9.59 Å². The Labute approximate surface area is 130 Å². The van der Waals surface area contributed by atoms with Crippen molar-refractivity contribution in [3.05, 3.63) is 65.5 Å². The van der Waals surface area contributed by atoms with Crippen molar-refractivity contribution in [1.82, 2.24) is 4.57 Å². The SMILES string of the molecule is CCCCCn1cccc1C1=CC(=O)c2ccccc2C1=O. The Morgan fingerprint density at radius 3 is 2.50 bits per heavy atom. The number of carbonyl (C=O) groups is 2. The minimum atomic E-state index is -0.0912. The van der Waals surface area contributed by atoms with Crippen molar-refractivity contribution >= 4 is 17.1 Å². The molecule has 1 aliphatic carbocycles. The summed E-state index contributed by atoms with van der Waals surface area (Å²) < 4.78 is 2.07. The van der Waals surface area contributed by atoms with Crippen LogP contribution in [0.3, 0.4) is 0 Å². The van der Waals surface area contributed by atoms with E-state index in [2.05, 4.69) is 11.5 Å². The van der Waals surface area contributed by atoms with E-state index in [9.17, 15) is 9.59 Å². The lowest BCUT2D eigenvalue weighted by molar-refractivity contribution is 0.100. The number of unbranched alkanes of at least 4 members (excludes halogenated alkanes) is 2. The van der Waals surface area contributed by atoms with Gasteiger partial charge in [0.1, 0.15) is 0 Å². The van der Waals surface area contributed by atoms with E-state index in [0.717, 1.165) is 31.5 Å². The molecule has 0 radical (unpaired) electrons. The largest absolute Gasteiger partial charge is 0.347 e. The van der Waals surface area contributed by atoms with Gasteiger partial charge in [0.25, 0.3) is 0 Å². The third-order valence-electron chi connectivity index (χ3n) is 4.07. The van der Waals surface area contributed by atoms with Crippen molar-refractivity contribution in [2.24, 2.45) is 0 Å². The summed E-state index contributed by atoms with van der Waals surface area (Å²) in [5, 5.41) is 0. The zero-order chi connectivity index (χ0) is 15.5. The fraction of sp³-hybridized carbons (Fsp3) is 0.263. The van der Waals surface area contributed by atoms with Gasteiger partial charge in [-0.1, -0.05) is 44.0 Å². The second-order valence-corrected chi connectivity index (χ2v) is 5.59. The van der Waals surface area contributed by atoms with Gasteiger partial charge < -0.3 is 4.57 Å². The summed E-state index contributed by atoms with van der Waals surface area (Å²) in [5.74, 6) is -0.155. The maximum Gasteiger partial charge on any atom is 0.196 e. The first-order chi connectivity index (χ1) is 10.7. The van der Waals surface area contributed by atoms with Gasteiger partial charge in [0.15, 0.2) is 11.6 Å². The van der Waals surface area contributed by atoms with Crippen LogP contribution in [0, 0.1) is 0 Å². The van der Waals surface area contributed by atoms with Crippen molar-refractivity contribution < 1.29 is 9.59 Å². The molecule has 0 bridgehead atoms. The number of hydrogen-bond acceptors (Lipinski definition) is 2. The third-order valence-corrected chi connectivity index (χ3v) is 4.07. The molecule has 2 aromatic rings. The molecule has 0 amide bonds. The topological polar surface area (TPSA) is 39.1 Å². The molecule has 1 aliphatic rings. The van der Waals surface area contributed by atoms with Crippen LogP contribution in [0.2, 0.25) is 0 Å². The standard InChI is InChI=1S/C19H19NO2/c1-2-3-6-11-20-12-7-10-17(20)16-13-18(21)14-8-4-5-9-15(14)19(16)22/h4-5,7-10,12-13H,2-3,6,11H2,1H3. The molecule has 0 atom stereocenters. The number of aromatic nitrogens is 1. The van der Waals surface area contributed by atoms with Crippen molar-refractivity contribution in [2.75, 3.05) is 0 Å². The summed E-state index contributed by atoms with van der Waals surface area (Å²) in [4.78, 5) is 25.0. The Hall–Kier alpha value is -2.42. The number of carbonyl (C=O) groups excluding carboxylic acids is 2. The van der Waals surface area contributed by atoms with E-state index in [1.807, 2.05) is 18.3 Å². The molecule has 0 fully saturated rings. The van der Waals surface area contributed by atoms with Crippen LogP contribution < -0.4 is 0 Å². The van der Waals surface area contributed by atoms with Crippen LogP contribution in [0.25, 0.3) is 5.57 Å². The quantitative estimate of drug-likeness (QED) is 0.777. The smallest absolute Gasteiger partial charge is 0.196 e. The molecule has 1 aromatic heterocycles. The predicted octanol–water partition coefficient (Wildman–Crippen LogP) is 4.14. The van der Waals surface area contributed by atoms with Crippen molar-refractivity contribution in [3.8, 4) is 0 Å². The van der Waals surface area contributed by atoms with Gasteiger partial charge in [0.2, 0.25) is 0 Å². The number of allylic oxidation sites excluding steroid dienone is 2. The monoisotopic (exact) mass is 293 g/mol. The average Bonchev–Trinajstić information content (AvgIpc) is 2.99. The van der Waals surface area contributed by atoms with E-state index in [1.54, 1.807) is 24.3 Å². The van der Waals surface area contributed by atoms with E-state index in [-0.39, 0.29) is 11.6 Å². The van der Waals surface area contributed by atoms with E-state index in [4.69, 9.17) is 0 Å². The maximum absolute atomic E-state index is 12.7. The molecule has 112 valence electrons. The first kappa shape index (κ1) is 14.5. The maximum atomic E-state index is 12.7. The molecule has 0 N–H and O–H groups in total. The van der Waals surface area contributed by atoms with Crippen LogP contribution in [0.4, 0.5) is 0 Å². The summed E-state index contributed by atoms with van der Waals surface area (Å²) in [6.45, 7) is 3.04. The summed E-state index contributed by atoms with van der Waals surface area (Å²) in [6, 6.07) is 10.9. The van der Waals surface area contributed by atoms with Crippen LogP contribution >= 0.6 is 0 Å². The Bertz CT molecular complexity index is 752. The Morgan fingerprint density at radius 2 is 1.73 bits per heavy atom. The van der Waals surface area contributed by atoms with E-state index < -0.39 is 0 Å². The van der Waals surface area contributed by atoms with Gasteiger partial charge in [-0.2, -0.15) is 0 Å². The van der Waals surface area contributed by atoms with Gasteiger partial charge in [-0.25, -0.2) is 0 Å². The normalized spacial score (nSPS) is 14.0. The van der Waals surface area contributed by atoms with Crippen LogP contribution in [0.1, 0.15) is 52.6 Å². The Morgan fingerprint density at radius 1 is 0.955 bits per heavy atom. The number of benzene rings is 1. The Balaban J connectivity index is 1.95. The lowest BCUT2D eigenvalue weighted by Crippen LogP contribution is -2.18. The van der Waals surface area contributed by atoms with E-state index in [1.165, 1.54) is 6.08 Å². The van der Waals surface area contributed by atoms with Crippen LogP contribution in [-0.2, 0) is 6.54 Å². The van der Waals surface area contributed by atoms with E-state index >= 15 is 0 Å². The molecular formula is C19H19NO2. The van der Waals surface area contributed by atoms with Crippen LogP contribution in [0.5, 0.6) is 0 Å². The fourth-order valence-corrected chi connectivity index (χ4v) is 2.89. The molecule has 0 aliphatic heterocycles. The summed E-state index contributed by atoms with van der Waals surface area (Å²) in [6.07, 6.45) is 6.85. The number of Topliss-reactive ketones (excluding diaryl/α,β-unsaturated/α-hetero) is 1. The van der Waals surface area contributed by atoms with E-state index in [0.29, 0.717) is 16.7 Å². The highest BCUT2D eigenvalue weighted by atomic mass is 16.1. The molecule has 0 saturated carbocycles. The first-order valence-electron chi connectivity index (χ1n) is 7.77. The second kappa shape index (κ2) is 6.14. The molecule has 0 unspecified atom stereocenters. The Kier molecular flexibility index (Phi) is 4.05. The molecule has 0 saturated heterocycles. The highest BCUT2D eigenvalue weighted by Gasteiger charge is 2.27. The molecule has 0 spiro atoms. The minimum Gasteiger partial charge on any atom is -0.347 e. The number of hydrogen-bond donors (Lipinski definition) is 0. The van der Waals surface area contributed by atoms with Crippen molar-refractivity contribution in [2.45, 2.75) is 32.7 Å². The fourth-order valence-electron chi connectivity index (χ4n) is 2.89. The molecule has 22 heavy (non-hydrogen) atoms. The van der Waals surface area contributed by atoms with Gasteiger partial charge in [0.05, 0.1) is 11.3 Å². The summed E-state index contributed by atoms with van der Waals surface area (Å²) in [7, 11) is 0. The lowest BCUT2D eigenvalue weighted by Gasteiger charge is -2.17. The molecule has 3 heteroatoms. The zero-order valence-electron chi connectivity index (χ0n) is 12.7. The molecule has 3 nitrogen and oxygen atoms in total. The molecule has 1 heterocycles. The number of nitrogens with zero attached hydrogens (tertiary/aromatic N) is 1. The number of rotatable bonds is 5. The van der Waals surface area contributed by atoms with Gasteiger partial charge in [-0.15, -0.1) is 0 Å². The van der Waals surface area contributed by atoms with Crippen molar-refractivity contribution in [1.29, 1.82) is 0 Å². The molecule has 3 rings (SSSR count). The average molecular weight is 293 g/mol. The highest BCUT2D eigenvalue weighted by Crippen LogP contribution is 2.28. The number of ketones is 2. The summed E-state index contributed by atoms with van der Waals surface area (Å²) >= 11 is 0. The molecule has 1 aromatic carbocycles. The number of aryl methyl sites for hydroxylation is 1. The lowest BCUT2D eigenvalue weighted by atomic mass is 9.88. The van der Waals surface area contributed by atoms with Crippen molar-refractivity contribution in [3.63, 3.8) is 0 Å². The van der Waals surface area contributed by atoms with Crippen LogP contribution in [0.15, 0.2) is 48.7 Å². The predicted molar refractivity (Wildman–Crippen MR) is 87.0 cm³/mol. The van der Waals surface area contributed by atoms with Crippen LogP contribution in [-0.4, -0.2) is 16.1 Å². The number of fused-ring (bicyclic) bond motifs is 1. The summed E-state index contributed by atoms with van der Waals surface area (Å²) in [5.41, 5.74) is 2.35. The second-order valence-electron chi connectivity index (χ2n) is 5.59. The first-order valence-corrected chi connectivity index (χ1v) is 7.77. The van der Waals surface area contributed by atoms with Gasteiger partial charge in [0, 0.05) is 23.9 Å². The minimum absolute atomic E-state index is 0.0642.